The summed E-state index contributed by atoms with van der Waals surface area (Å²) in [5.74, 6) is -0.0548. The summed E-state index contributed by atoms with van der Waals surface area (Å²) in [5.41, 5.74) is 6.42. The minimum absolute atomic E-state index is 0.0548. The molecule has 1 amide bonds. The Morgan fingerprint density at radius 3 is 2.74 bits per heavy atom. The summed E-state index contributed by atoms with van der Waals surface area (Å²) in [6.45, 7) is 1.95. The number of rotatable bonds is 2. The van der Waals surface area contributed by atoms with Crippen molar-refractivity contribution in [1.29, 1.82) is 0 Å². The normalized spacial score (nSPS) is 16.8. The minimum atomic E-state index is -0.180. The molecule has 0 radical (unpaired) electrons. The number of fused-ring (bicyclic) bond motifs is 3. The van der Waals surface area contributed by atoms with Gasteiger partial charge in [0, 0.05) is 11.6 Å². The van der Waals surface area contributed by atoms with E-state index in [4.69, 9.17) is 0 Å². The van der Waals surface area contributed by atoms with E-state index in [1.165, 1.54) is 0 Å². The van der Waals surface area contributed by atoms with Crippen LogP contribution in [-0.4, -0.2) is 22.1 Å². The second kappa shape index (κ2) is 5.28. The Hall–Kier alpha value is -3.08. The number of amides is 1. The molecule has 0 saturated heterocycles. The van der Waals surface area contributed by atoms with Gasteiger partial charge in [0.05, 0.1) is 22.5 Å². The summed E-state index contributed by atoms with van der Waals surface area (Å²) in [7, 11) is 0. The fraction of sp³-hybridized carbons (Fsp3) is 0.111. The first kappa shape index (κ1) is 13.6. The monoisotopic (exact) mass is 304 g/mol. The fourth-order valence-electron chi connectivity index (χ4n) is 2.86. The molecular weight excluding hydrogens is 288 g/mol. The van der Waals surface area contributed by atoms with Crippen LogP contribution < -0.4 is 10.7 Å². The third kappa shape index (κ3) is 2.26. The van der Waals surface area contributed by atoms with Gasteiger partial charge in [0.1, 0.15) is 6.17 Å². The molecule has 0 spiro atoms. The van der Waals surface area contributed by atoms with Crippen LogP contribution in [0.15, 0.2) is 60.8 Å². The van der Waals surface area contributed by atoms with Crippen LogP contribution in [0, 0.1) is 0 Å². The average molecular weight is 304 g/mol. The van der Waals surface area contributed by atoms with Crippen LogP contribution >= 0.6 is 0 Å². The third-order valence-electron chi connectivity index (χ3n) is 4.00. The zero-order valence-electron chi connectivity index (χ0n) is 12.7. The maximum atomic E-state index is 12.9. The fourth-order valence-corrected chi connectivity index (χ4v) is 2.86. The highest BCUT2D eigenvalue weighted by Crippen LogP contribution is 2.32. The van der Waals surface area contributed by atoms with E-state index in [1.807, 2.05) is 61.5 Å². The first-order chi connectivity index (χ1) is 11.2. The number of para-hydroxylation sites is 1. The van der Waals surface area contributed by atoms with E-state index in [9.17, 15) is 4.79 Å². The lowest BCUT2D eigenvalue weighted by Gasteiger charge is -2.36. The van der Waals surface area contributed by atoms with E-state index < -0.39 is 0 Å². The molecule has 3 aromatic rings. The van der Waals surface area contributed by atoms with Gasteiger partial charge in [-0.3, -0.25) is 15.2 Å². The van der Waals surface area contributed by atoms with Crippen molar-refractivity contribution in [2.45, 2.75) is 13.1 Å². The molecule has 114 valence electrons. The van der Waals surface area contributed by atoms with E-state index in [0.717, 1.165) is 22.3 Å². The van der Waals surface area contributed by atoms with Crippen LogP contribution in [-0.2, 0) is 0 Å². The maximum absolute atomic E-state index is 12.9. The average Bonchev–Trinajstić information content (AvgIpc) is 2.59. The van der Waals surface area contributed by atoms with Gasteiger partial charge >= 0.3 is 0 Å². The summed E-state index contributed by atoms with van der Waals surface area (Å²) < 4.78 is 0. The predicted molar refractivity (Wildman–Crippen MR) is 91.1 cm³/mol. The molecule has 1 aliphatic heterocycles. The number of aromatic nitrogens is 1. The Morgan fingerprint density at radius 1 is 1.09 bits per heavy atom. The predicted octanol–water partition coefficient (Wildman–Crippen LogP) is 3.48. The Morgan fingerprint density at radius 2 is 1.91 bits per heavy atom. The molecule has 1 aromatic heterocycles. The lowest BCUT2D eigenvalue weighted by molar-refractivity contribution is 0.0746. The van der Waals surface area contributed by atoms with Gasteiger partial charge in [-0.25, -0.2) is 5.01 Å². The van der Waals surface area contributed by atoms with Gasteiger partial charge in [-0.15, -0.1) is 0 Å². The number of hydrogen-bond acceptors (Lipinski definition) is 4. The summed E-state index contributed by atoms with van der Waals surface area (Å²) in [4.78, 5) is 17.2. The van der Waals surface area contributed by atoms with Gasteiger partial charge in [-0.2, -0.15) is 0 Å². The first-order valence-corrected chi connectivity index (χ1v) is 7.53. The number of hydrogen-bond donors (Lipinski definition) is 2. The number of nitrogens with one attached hydrogen (secondary N) is 2. The van der Waals surface area contributed by atoms with Gasteiger partial charge in [0.15, 0.2) is 0 Å². The molecule has 2 N–H and O–H groups in total. The second-order valence-corrected chi connectivity index (χ2v) is 5.53. The lowest BCUT2D eigenvalue weighted by Crippen LogP contribution is -2.50. The van der Waals surface area contributed by atoms with E-state index in [1.54, 1.807) is 11.2 Å². The number of benzene rings is 2. The molecule has 1 aliphatic rings. The molecule has 0 fully saturated rings. The highest BCUT2D eigenvalue weighted by Gasteiger charge is 2.30. The molecule has 0 unspecified atom stereocenters. The van der Waals surface area contributed by atoms with Gasteiger partial charge in [-0.1, -0.05) is 18.2 Å². The number of hydrazine groups is 1. The van der Waals surface area contributed by atoms with E-state index in [-0.39, 0.29) is 12.1 Å². The molecule has 1 atom stereocenters. The summed E-state index contributed by atoms with van der Waals surface area (Å²) in [6, 6.07) is 17.2. The van der Waals surface area contributed by atoms with Crippen molar-refractivity contribution in [3.8, 4) is 0 Å². The Kier molecular flexibility index (Phi) is 3.12. The van der Waals surface area contributed by atoms with Gasteiger partial charge in [0.2, 0.25) is 0 Å². The van der Waals surface area contributed by atoms with E-state index >= 15 is 0 Å². The van der Waals surface area contributed by atoms with Crippen LogP contribution in [0.2, 0.25) is 0 Å². The maximum Gasteiger partial charge on any atom is 0.276 e. The summed E-state index contributed by atoms with van der Waals surface area (Å²) in [5, 5.41) is 5.98. The topological polar surface area (TPSA) is 57.3 Å². The van der Waals surface area contributed by atoms with Gasteiger partial charge in [0.25, 0.3) is 5.91 Å². The highest BCUT2D eigenvalue weighted by molar-refractivity contribution is 6.09. The first-order valence-electron chi connectivity index (χ1n) is 7.53. The van der Waals surface area contributed by atoms with Crippen molar-refractivity contribution in [1.82, 2.24) is 9.99 Å². The number of carbonyl (C=O) groups is 1. The van der Waals surface area contributed by atoms with Gasteiger partial charge < -0.3 is 5.32 Å². The van der Waals surface area contributed by atoms with Crippen molar-refractivity contribution in [2.24, 2.45) is 0 Å². The molecule has 5 nitrogen and oxygen atoms in total. The van der Waals surface area contributed by atoms with Crippen molar-refractivity contribution in [3.05, 3.63) is 66.4 Å². The van der Waals surface area contributed by atoms with Crippen molar-refractivity contribution >= 4 is 28.2 Å². The highest BCUT2D eigenvalue weighted by atomic mass is 16.2. The quantitative estimate of drug-likeness (QED) is 0.761. The lowest BCUT2D eigenvalue weighted by atomic mass is 10.0. The molecule has 0 saturated carbocycles. The molecular formula is C18H16N4O. The Labute approximate surface area is 133 Å². The number of anilines is 2. The standard InChI is InChI=1S/C18H16N4O/c1-12-20-17-14-8-5-11-19-16(14)10-9-15(17)18(23)22(12)21-13-6-3-2-4-7-13/h2-12,20-21H,1H3/t12-/m1/s1. The molecule has 0 bridgehead atoms. The molecule has 4 rings (SSSR count). The molecule has 23 heavy (non-hydrogen) atoms. The minimum Gasteiger partial charge on any atom is -0.363 e. The SMILES string of the molecule is C[C@@H]1Nc2c(ccc3ncccc23)C(=O)N1Nc1ccccc1. The molecule has 5 heteroatoms. The van der Waals surface area contributed by atoms with Crippen LogP contribution in [0.4, 0.5) is 11.4 Å². The zero-order chi connectivity index (χ0) is 15.8. The zero-order valence-corrected chi connectivity index (χ0v) is 12.7. The molecule has 0 aliphatic carbocycles. The third-order valence-corrected chi connectivity index (χ3v) is 4.00. The largest absolute Gasteiger partial charge is 0.363 e. The van der Waals surface area contributed by atoms with Crippen molar-refractivity contribution in [2.75, 3.05) is 10.7 Å². The second-order valence-electron chi connectivity index (χ2n) is 5.53. The van der Waals surface area contributed by atoms with Crippen molar-refractivity contribution in [3.63, 3.8) is 0 Å². The van der Waals surface area contributed by atoms with Crippen molar-refractivity contribution < 1.29 is 4.79 Å². The van der Waals surface area contributed by atoms with Gasteiger partial charge in [-0.05, 0) is 43.3 Å². The number of nitrogens with zero attached hydrogens (tertiary/aromatic N) is 2. The smallest absolute Gasteiger partial charge is 0.276 e. The van der Waals surface area contributed by atoms with Crippen LogP contribution in [0.3, 0.4) is 0 Å². The molecule has 2 heterocycles. The van der Waals surface area contributed by atoms with E-state index in [2.05, 4.69) is 15.7 Å². The van der Waals surface area contributed by atoms with E-state index in [0.29, 0.717) is 5.56 Å². The summed E-state index contributed by atoms with van der Waals surface area (Å²) >= 11 is 0. The van der Waals surface area contributed by atoms with Crippen LogP contribution in [0.1, 0.15) is 17.3 Å². The van der Waals surface area contributed by atoms with Crippen LogP contribution in [0.5, 0.6) is 0 Å². The van der Waals surface area contributed by atoms with Crippen LogP contribution in [0.25, 0.3) is 10.9 Å². The number of carbonyl (C=O) groups excluding carboxylic acids is 1. The molecule has 2 aromatic carbocycles. The summed E-state index contributed by atoms with van der Waals surface area (Å²) in [6.07, 6.45) is 1.58. The Balaban J connectivity index is 1.75. The number of pyridine rings is 1. The Bertz CT molecular complexity index is 879.